The summed E-state index contributed by atoms with van der Waals surface area (Å²) in [5.41, 5.74) is 6.00. The van der Waals surface area contributed by atoms with Crippen LogP contribution in [0.4, 0.5) is 0 Å². The number of piperidine rings is 1. The Labute approximate surface area is 118 Å². The van der Waals surface area contributed by atoms with E-state index in [1.54, 1.807) is 0 Å². The van der Waals surface area contributed by atoms with Gasteiger partial charge in [0.1, 0.15) is 0 Å². The average Bonchev–Trinajstić information content (AvgIpc) is 3.07. The van der Waals surface area contributed by atoms with E-state index in [-0.39, 0.29) is 0 Å². The number of nitrogens with two attached hydrogens (primary N) is 1. The highest BCUT2D eigenvalue weighted by Crippen LogP contribution is 2.35. The first kappa shape index (κ1) is 13.8. The summed E-state index contributed by atoms with van der Waals surface area (Å²) < 4.78 is 0. The first-order chi connectivity index (χ1) is 9.33. The van der Waals surface area contributed by atoms with E-state index in [4.69, 9.17) is 5.73 Å². The van der Waals surface area contributed by atoms with Crippen molar-refractivity contribution in [3.05, 3.63) is 0 Å². The first-order valence-corrected chi connectivity index (χ1v) is 8.53. The minimum absolute atomic E-state index is 0.765. The molecular weight excluding hydrogens is 234 g/mol. The molecule has 0 radical (unpaired) electrons. The normalized spacial score (nSPS) is 39.9. The summed E-state index contributed by atoms with van der Waals surface area (Å²) in [5, 5.41) is 0. The third-order valence-corrected chi connectivity index (χ3v) is 5.97. The largest absolute Gasteiger partial charge is 0.330 e. The maximum absolute atomic E-state index is 6.00. The summed E-state index contributed by atoms with van der Waals surface area (Å²) in [6.45, 7) is 7.17. The van der Waals surface area contributed by atoms with Crippen LogP contribution in [-0.4, -0.2) is 54.1 Å². The molecule has 110 valence electrons. The molecule has 2 heterocycles. The van der Waals surface area contributed by atoms with E-state index in [0.717, 1.165) is 30.6 Å². The molecule has 0 aromatic carbocycles. The highest BCUT2D eigenvalue weighted by atomic mass is 15.2. The van der Waals surface area contributed by atoms with Crippen LogP contribution in [0.2, 0.25) is 0 Å². The Bertz CT molecular complexity index is 294. The van der Waals surface area contributed by atoms with Crippen molar-refractivity contribution in [2.24, 2.45) is 11.7 Å². The molecule has 2 N–H and O–H groups in total. The number of rotatable bonds is 4. The zero-order valence-electron chi connectivity index (χ0n) is 12.6. The van der Waals surface area contributed by atoms with Crippen molar-refractivity contribution in [3.8, 4) is 0 Å². The summed E-state index contributed by atoms with van der Waals surface area (Å²) in [6.07, 6.45) is 9.82. The highest BCUT2D eigenvalue weighted by Gasteiger charge is 2.38. The van der Waals surface area contributed by atoms with E-state index < -0.39 is 0 Å². The Morgan fingerprint density at radius 2 is 2.00 bits per heavy atom. The summed E-state index contributed by atoms with van der Waals surface area (Å²) >= 11 is 0. The predicted molar refractivity (Wildman–Crippen MR) is 80.2 cm³/mol. The van der Waals surface area contributed by atoms with E-state index >= 15 is 0 Å². The lowest BCUT2D eigenvalue weighted by Gasteiger charge is -2.44. The Balaban J connectivity index is 1.65. The Kier molecular flexibility index (Phi) is 4.45. The van der Waals surface area contributed by atoms with Gasteiger partial charge in [0.15, 0.2) is 0 Å². The van der Waals surface area contributed by atoms with Gasteiger partial charge >= 0.3 is 0 Å². The predicted octanol–water partition coefficient (Wildman–Crippen LogP) is 2.06. The van der Waals surface area contributed by atoms with Crippen LogP contribution in [0, 0.1) is 5.92 Å². The van der Waals surface area contributed by atoms with Gasteiger partial charge in [-0.1, -0.05) is 13.3 Å². The fourth-order valence-corrected chi connectivity index (χ4v) is 5.00. The maximum atomic E-state index is 6.00. The van der Waals surface area contributed by atoms with Crippen LogP contribution in [0.25, 0.3) is 0 Å². The molecule has 3 fully saturated rings. The Morgan fingerprint density at radius 3 is 2.79 bits per heavy atom. The van der Waals surface area contributed by atoms with Gasteiger partial charge in [-0.3, -0.25) is 4.90 Å². The van der Waals surface area contributed by atoms with Crippen LogP contribution in [0.1, 0.15) is 51.9 Å². The molecule has 0 spiro atoms. The SMILES string of the molecule is CCN(C1CCN2CCCC2C1)C1CCCC1CN. The number of hydrogen-bond donors (Lipinski definition) is 1. The molecule has 19 heavy (non-hydrogen) atoms. The molecule has 4 unspecified atom stereocenters. The van der Waals surface area contributed by atoms with Crippen molar-refractivity contribution in [2.75, 3.05) is 26.2 Å². The van der Waals surface area contributed by atoms with Crippen LogP contribution < -0.4 is 5.73 Å². The summed E-state index contributed by atoms with van der Waals surface area (Å²) in [7, 11) is 0. The molecule has 4 atom stereocenters. The van der Waals surface area contributed by atoms with Crippen molar-refractivity contribution in [1.29, 1.82) is 0 Å². The molecule has 0 aromatic rings. The van der Waals surface area contributed by atoms with Crippen molar-refractivity contribution in [2.45, 2.75) is 70.0 Å². The van der Waals surface area contributed by atoms with Crippen molar-refractivity contribution in [1.82, 2.24) is 9.80 Å². The van der Waals surface area contributed by atoms with E-state index in [1.807, 2.05) is 0 Å². The molecule has 3 nitrogen and oxygen atoms in total. The fraction of sp³-hybridized carbons (Fsp3) is 1.00. The number of nitrogens with zero attached hydrogens (tertiary/aromatic N) is 2. The number of hydrogen-bond acceptors (Lipinski definition) is 3. The van der Waals surface area contributed by atoms with Gasteiger partial charge in [-0.2, -0.15) is 0 Å². The van der Waals surface area contributed by atoms with E-state index in [0.29, 0.717) is 0 Å². The average molecular weight is 265 g/mol. The molecule has 1 aliphatic carbocycles. The standard InChI is InChI=1S/C16H31N3/c1-2-19(16-7-3-5-13(16)12-17)15-8-10-18-9-4-6-14(18)11-15/h13-16H,2-12,17H2,1H3. The lowest BCUT2D eigenvalue weighted by molar-refractivity contribution is 0.0492. The summed E-state index contributed by atoms with van der Waals surface area (Å²) in [5.74, 6) is 0.765. The third kappa shape index (κ3) is 2.70. The fourth-order valence-electron chi connectivity index (χ4n) is 5.00. The molecule has 3 aliphatic rings. The van der Waals surface area contributed by atoms with Crippen LogP contribution in [0.3, 0.4) is 0 Å². The van der Waals surface area contributed by atoms with E-state index in [1.165, 1.54) is 64.6 Å². The second kappa shape index (κ2) is 6.11. The third-order valence-electron chi connectivity index (χ3n) is 5.97. The molecule has 2 aliphatic heterocycles. The van der Waals surface area contributed by atoms with E-state index in [9.17, 15) is 0 Å². The molecule has 3 rings (SSSR count). The van der Waals surface area contributed by atoms with E-state index in [2.05, 4.69) is 16.7 Å². The van der Waals surface area contributed by atoms with Crippen molar-refractivity contribution >= 4 is 0 Å². The molecule has 3 heteroatoms. The van der Waals surface area contributed by atoms with Crippen LogP contribution >= 0.6 is 0 Å². The maximum Gasteiger partial charge on any atom is 0.0138 e. The summed E-state index contributed by atoms with van der Waals surface area (Å²) in [6, 6.07) is 2.51. The van der Waals surface area contributed by atoms with Gasteiger partial charge in [0, 0.05) is 18.1 Å². The lowest BCUT2D eigenvalue weighted by atomic mass is 9.92. The quantitative estimate of drug-likeness (QED) is 0.844. The van der Waals surface area contributed by atoms with Gasteiger partial charge in [0.05, 0.1) is 0 Å². The highest BCUT2D eigenvalue weighted by molar-refractivity contribution is 4.94. The smallest absolute Gasteiger partial charge is 0.0138 e. The van der Waals surface area contributed by atoms with Gasteiger partial charge in [0.25, 0.3) is 0 Å². The Morgan fingerprint density at radius 1 is 1.11 bits per heavy atom. The second-order valence-corrected chi connectivity index (χ2v) is 6.83. The lowest BCUT2D eigenvalue weighted by Crippen LogP contribution is -2.52. The monoisotopic (exact) mass is 265 g/mol. The molecular formula is C16H31N3. The molecule has 2 saturated heterocycles. The van der Waals surface area contributed by atoms with Crippen molar-refractivity contribution < 1.29 is 0 Å². The van der Waals surface area contributed by atoms with Gasteiger partial charge in [-0.15, -0.1) is 0 Å². The van der Waals surface area contributed by atoms with Gasteiger partial charge < -0.3 is 10.6 Å². The Hall–Kier alpha value is -0.120. The van der Waals surface area contributed by atoms with Gasteiger partial charge in [-0.05, 0) is 70.6 Å². The zero-order valence-corrected chi connectivity index (χ0v) is 12.6. The molecule has 0 aromatic heterocycles. The van der Waals surface area contributed by atoms with Crippen molar-refractivity contribution in [3.63, 3.8) is 0 Å². The molecule has 1 saturated carbocycles. The molecule has 0 bridgehead atoms. The topological polar surface area (TPSA) is 32.5 Å². The van der Waals surface area contributed by atoms with Gasteiger partial charge in [0.2, 0.25) is 0 Å². The van der Waals surface area contributed by atoms with Crippen LogP contribution in [-0.2, 0) is 0 Å². The second-order valence-electron chi connectivity index (χ2n) is 6.83. The van der Waals surface area contributed by atoms with Crippen LogP contribution in [0.15, 0.2) is 0 Å². The zero-order chi connectivity index (χ0) is 13.2. The summed E-state index contributed by atoms with van der Waals surface area (Å²) in [4.78, 5) is 5.57. The molecule has 0 amide bonds. The van der Waals surface area contributed by atoms with Crippen LogP contribution in [0.5, 0.6) is 0 Å². The first-order valence-electron chi connectivity index (χ1n) is 8.53. The minimum Gasteiger partial charge on any atom is -0.330 e. The minimum atomic E-state index is 0.765. The number of fused-ring (bicyclic) bond motifs is 1. The van der Waals surface area contributed by atoms with Gasteiger partial charge in [-0.25, -0.2) is 0 Å².